The molecule has 188 valence electrons. The minimum atomic E-state index is -1.67. The largest absolute Gasteiger partial charge is 0.382 e. The molecule has 9 nitrogen and oxygen atoms in total. The molecular formula is C26H28BrN5O4. The van der Waals surface area contributed by atoms with Gasteiger partial charge < -0.3 is 10.2 Å². The molecular weight excluding hydrogens is 526 g/mol. The molecule has 2 aromatic carbocycles. The highest BCUT2D eigenvalue weighted by Crippen LogP contribution is 2.22. The van der Waals surface area contributed by atoms with E-state index in [2.05, 4.69) is 35.6 Å². The van der Waals surface area contributed by atoms with E-state index in [1.807, 2.05) is 13.0 Å². The maximum Gasteiger partial charge on any atom is 0.190 e. The predicted octanol–water partition coefficient (Wildman–Crippen LogP) is 5.52. The molecule has 2 rings (SSSR count). The molecule has 0 bridgehead atoms. The van der Waals surface area contributed by atoms with Crippen LogP contribution < -0.4 is 0 Å². The minimum Gasteiger partial charge on any atom is -0.382 e. The number of aliphatic hydroxyl groups is 2. The number of carbonyl (C=O) groups is 2. The van der Waals surface area contributed by atoms with Crippen LogP contribution in [0.1, 0.15) is 36.1 Å². The summed E-state index contributed by atoms with van der Waals surface area (Å²) in [6.45, 7) is 20.0. The molecule has 0 amide bonds. The van der Waals surface area contributed by atoms with Crippen LogP contribution in [0.2, 0.25) is 0 Å². The van der Waals surface area contributed by atoms with E-state index in [-0.39, 0.29) is 30.5 Å². The van der Waals surface area contributed by atoms with Gasteiger partial charge in [-0.1, -0.05) is 57.4 Å². The molecule has 0 spiro atoms. The van der Waals surface area contributed by atoms with Crippen molar-refractivity contribution in [3.05, 3.63) is 91.9 Å². The second-order valence-corrected chi connectivity index (χ2v) is 9.30. The van der Waals surface area contributed by atoms with Crippen molar-refractivity contribution in [2.75, 3.05) is 11.9 Å². The average molecular weight is 554 g/mol. The topological polar surface area (TPSA) is 132 Å². The van der Waals surface area contributed by atoms with Crippen LogP contribution in [0.4, 0.5) is 11.4 Å². The van der Waals surface area contributed by atoms with Crippen LogP contribution in [0.3, 0.4) is 0 Å². The summed E-state index contributed by atoms with van der Waals surface area (Å²) >= 11 is 3.11. The fourth-order valence-corrected chi connectivity index (χ4v) is 3.30. The fourth-order valence-electron chi connectivity index (χ4n) is 2.99. The number of halogens is 1. The van der Waals surface area contributed by atoms with Gasteiger partial charge in [0.25, 0.3) is 0 Å². The van der Waals surface area contributed by atoms with Gasteiger partial charge in [-0.05, 0) is 55.5 Å². The van der Waals surface area contributed by atoms with Crippen molar-refractivity contribution in [1.29, 1.82) is 0 Å². The summed E-state index contributed by atoms with van der Waals surface area (Å²) in [6.07, 6.45) is 0.213. The number of hydrogen-bond acceptors (Lipinski definition) is 5. The number of aryl methyl sites for hydroxylation is 2. The number of ketones is 2. The van der Waals surface area contributed by atoms with Crippen LogP contribution in [0.25, 0.3) is 20.1 Å². The highest BCUT2D eigenvalue weighted by molar-refractivity contribution is 9.09. The van der Waals surface area contributed by atoms with Crippen LogP contribution in [0.15, 0.2) is 41.5 Å². The third-order valence-electron chi connectivity index (χ3n) is 5.40. The smallest absolute Gasteiger partial charge is 0.190 e. The van der Waals surface area contributed by atoms with E-state index in [1.165, 1.54) is 13.8 Å². The zero-order valence-electron chi connectivity index (χ0n) is 20.6. The molecule has 0 aromatic heterocycles. The van der Waals surface area contributed by atoms with Crippen LogP contribution in [-0.4, -0.2) is 44.9 Å². The Kier molecular flexibility index (Phi) is 11.5. The summed E-state index contributed by atoms with van der Waals surface area (Å²) < 4.78 is 0. The first-order chi connectivity index (χ1) is 16.8. The third-order valence-corrected chi connectivity index (χ3v) is 6.49. The molecule has 0 aliphatic heterocycles. The molecule has 36 heavy (non-hydrogen) atoms. The number of carbonyl (C=O) groups excluding carboxylic acids is 2. The molecule has 0 saturated carbocycles. The zero-order valence-corrected chi connectivity index (χ0v) is 22.2. The van der Waals surface area contributed by atoms with Crippen molar-refractivity contribution < 1.29 is 19.8 Å². The SMILES string of the molecule is [C-]#[N+]c1ccc(CC(=O)[C@@](C)(O)CBr)cc1C.[C-]#[N+]c1ccc(CC(=O)[C@@](C)(O)CN=[N+]=[N-])cc1C. The quantitative estimate of drug-likeness (QED) is 0.139. The summed E-state index contributed by atoms with van der Waals surface area (Å²) in [5, 5.41) is 23.1. The monoisotopic (exact) mass is 553 g/mol. The second kappa shape index (κ2) is 13.5. The van der Waals surface area contributed by atoms with E-state index >= 15 is 0 Å². The van der Waals surface area contributed by atoms with Crippen molar-refractivity contribution in [2.45, 2.75) is 51.7 Å². The minimum absolute atomic E-state index is 0.0348. The zero-order chi connectivity index (χ0) is 27.5. The normalized spacial score (nSPS) is 13.4. The van der Waals surface area contributed by atoms with Gasteiger partial charge in [0.05, 0.1) is 19.7 Å². The molecule has 0 saturated heterocycles. The van der Waals surface area contributed by atoms with Gasteiger partial charge in [0.15, 0.2) is 22.9 Å². The number of azide groups is 1. The summed E-state index contributed by atoms with van der Waals surface area (Å²) in [7, 11) is 0. The van der Waals surface area contributed by atoms with Gasteiger partial charge in [-0.2, -0.15) is 0 Å². The average Bonchev–Trinajstić information content (AvgIpc) is 2.83. The number of benzene rings is 2. The van der Waals surface area contributed by atoms with Gasteiger partial charge in [0, 0.05) is 23.1 Å². The summed E-state index contributed by atoms with van der Waals surface area (Å²) in [5.74, 6) is -0.654. The number of alkyl halides is 1. The first-order valence-corrected chi connectivity index (χ1v) is 12.0. The summed E-state index contributed by atoms with van der Waals surface area (Å²) in [6, 6.07) is 10.3. The van der Waals surface area contributed by atoms with E-state index < -0.39 is 17.0 Å². The lowest BCUT2D eigenvalue weighted by molar-refractivity contribution is -0.134. The Balaban J connectivity index is 0.000000362. The predicted molar refractivity (Wildman–Crippen MR) is 141 cm³/mol. The number of hydrogen-bond donors (Lipinski definition) is 2. The van der Waals surface area contributed by atoms with Gasteiger partial charge in [-0.15, -0.1) is 0 Å². The van der Waals surface area contributed by atoms with E-state index in [4.69, 9.17) is 18.7 Å². The number of rotatable bonds is 9. The Morgan fingerprint density at radius 2 is 1.33 bits per heavy atom. The van der Waals surface area contributed by atoms with Crippen LogP contribution in [0.5, 0.6) is 0 Å². The lowest BCUT2D eigenvalue weighted by Crippen LogP contribution is -2.39. The second-order valence-electron chi connectivity index (χ2n) is 8.74. The Hall–Kier alpha value is -3.53. The first-order valence-electron chi connectivity index (χ1n) is 10.8. The maximum atomic E-state index is 11.9. The molecule has 0 aliphatic rings. The summed E-state index contributed by atoms with van der Waals surface area (Å²) in [4.78, 5) is 32.9. The lowest BCUT2D eigenvalue weighted by atomic mass is 9.94. The van der Waals surface area contributed by atoms with Crippen molar-refractivity contribution >= 4 is 38.9 Å². The molecule has 10 heteroatoms. The molecule has 2 atom stereocenters. The Morgan fingerprint density at radius 1 is 0.917 bits per heavy atom. The molecule has 0 unspecified atom stereocenters. The van der Waals surface area contributed by atoms with Gasteiger partial charge in [0.1, 0.15) is 11.2 Å². The Morgan fingerprint density at radius 3 is 1.67 bits per heavy atom. The highest BCUT2D eigenvalue weighted by Gasteiger charge is 2.29. The molecule has 0 radical (unpaired) electrons. The van der Waals surface area contributed by atoms with E-state index in [0.29, 0.717) is 11.4 Å². The van der Waals surface area contributed by atoms with E-state index in [9.17, 15) is 19.8 Å². The van der Waals surface area contributed by atoms with Crippen molar-refractivity contribution in [3.63, 3.8) is 0 Å². The maximum absolute atomic E-state index is 11.9. The van der Waals surface area contributed by atoms with E-state index in [1.54, 1.807) is 37.3 Å². The molecule has 2 aromatic rings. The number of nitrogens with zero attached hydrogens (tertiary/aromatic N) is 5. The molecule has 2 N–H and O–H groups in total. The van der Waals surface area contributed by atoms with Crippen molar-refractivity contribution in [1.82, 2.24) is 0 Å². The first kappa shape index (κ1) is 30.5. The van der Waals surface area contributed by atoms with Crippen molar-refractivity contribution in [3.8, 4) is 0 Å². The summed E-state index contributed by atoms with van der Waals surface area (Å²) in [5.41, 5.74) is 9.50. The lowest BCUT2D eigenvalue weighted by Gasteiger charge is -2.19. The Labute approximate surface area is 219 Å². The van der Waals surface area contributed by atoms with Crippen LogP contribution >= 0.6 is 15.9 Å². The number of Topliss-reactive ketones (excluding diaryl/α,β-unsaturated/α-hetero) is 2. The van der Waals surface area contributed by atoms with Gasteiger partial charge in [-0.3, -0.25) is 9.59 Å². The third kappa shape index (κ3) is 8.92. The van der Waals surface area contributed by atoms with Gasteiger partial charge in [-0.25, -0.2) is 9.69 Å². The molecule has 0 aliphatic carbocycles. The van der Waals surface area contributed by atoms with E-state index in [0.717, 1.165) is 22.3 Å². The van der Waals surface area contributed by atoms with Gasteiger partial charge in [0.2, 0.25) is 0 Å². The Bertz CT molecular complexity index is 1250. The van der Waals surface area contributed by atoms with Crippen LogP contribution in [-0.2, 0) is 22.4 Å². The van der Waals surface area contributed by atoms with Crippen LogP contribution in [0, 0.1) is 27.0 Å². The standard InChI is InChI=1S/C13H14BrNO2.C13H14N4O2/c1-9-6-10(4-5-11(9)15-3)7-12(16)13(2,17)8-14;1-9-6-10(4-5-11(9)15-3)7-12(18)13(2,19)8-16-17-14/h4-6,17H,7-8H2,1-2H3;4-6,19H,7-8H2,1-2H3/t2*13-/m00/s1. The molecule has 0 heterocycles. The van der Waals surface area contributed by atoms with Crippen molar-refractivity contribution in [2.24, 2.45) is 5.11 Å². The molecule has 0 fully saturated rings. The fraction of sp³-hybridized carbons (Fsp3) is 0.385. The van der Waals surface area contributed by atoms with Gasteiger partial charge >= 0.3 is 0 Å². The highest BCUT2D eigenvalue weighted by atomic mass is 79.9.